The van der Waals surface area contributed by atoms with Gasteiger partial charge in [-0.2, -0.15) is 0 Å². The van der Waals surface area contributed by atoms with Crippen LogP contribution < -0.4 is 9.80 Å². The van der Waals surface area contributed by atoms with Gasteiger partial charge in [-0.05, 0) is 49.2 Å². The molecule has 26 heavy (non-hydrogen) atoms. The van der Waals surface area contributed by atoms with Gasteiger partial charge in [0.2, 0.25) is 5.91 Å². The summed E-state index contributed by atoms with van der Waals surface area (Å²) in [5.41, 5.74) is 3.46. The maximum atomic E-state index is 13.0. The predicted octanol–water partition coefficient (Wildman–Crippen LogP) is 2.49. The maximum absolute atomic E-state index is 13.0. The van der Waals surface area contributed by atoms with Gasteiger partial charge in [0, 0.05) is 44.1 Å². The summed E-state index contributed by atoms with van der Waals surface area (Å²) in [7, 11) is 0. The number of rotatable bonds is 3. The molecule has 1 amide bonds. The van der Waals surface area contributed by atoms with E-state index in [0.29, 0.717) is 0 Å². The fraction of sp³-hybridized carbons (Fsp3) is 0.381. The fourth-order valence-electron chi connectivity index (χ4n) is 3.98. The van der Waals surface area contributed by atoms with E-state index in [-0.39, 0.29) is 17.7 Å². The number of phenolic OH excluding ortho intramolecular Hbond substituents is 1. The van der Waals surface area contributed by atoms with Gasteiger partial charge >= 0.3 is 0 Å². The van der Waals surface area contributed by atoms with Crippen LogP contribution >= 0.6 is 0 Å². The van der Waals surface area contributed by atoms with E-state index in [9.17, 15) is 9.90 Å². The summed E-state index contributed by atoms with van der Waals surface area (Å²) in [5, 5.41) is 9.44. The second-order valence-electron chi connectivity index (χ2n) is 7.08. The highest BCUT2D eigenvalue weighted by Gasteiger charge is 2.32. The van der Waals surface area contributed by atoms with Crippen molar-refractivity contribution in [2.75, 3.05) is 42.5 Å². The number of nitrogens with zero attached hydrogens (tertiary/aromatic N) is 3. The molecule has 0 aliphatic carbocycles. The third-order valence-corrected chi connectivity index (χ3v) is 5.59. The molecule has 0 bridgehead atoms. The molecule has 2 heterocycles. The number of fused-ring (bicyclic) bond motifs is 1. The Hall–Kier alpha value is -2.53. The van der Waals surface area contributed by atoms with Gasteiger partial charge in [-0.15, -0.1) is 0 Å². The second kappa shape index (κ2) is 7.00. The highest BCUT2D eigenvalue weighted by atomic mass is 16.3. The molecule has 2 aromatic rings. The van der Waals surface area contributed by atoms with Crippen LogP contribution in [-0.2, 0) is 11.2 Å². The number of piperazine rings is 1. The SMILES string of the molecule is C[C@H](C(=O)N1CCc2ccccc21)N1CCN(c2ccc(O)cc2)CC1. The Morgan fingerprint density at radius 1 is 0.962 bits per heavy atom. The summed E-state index contributed by atoms with van der Waals surface area (Å²) in [6.45, 7) is 6.32. The van der Waals surface area contributed by atoms with Gasteiger partial charge < -0.3 is 14.9 Å². The van der Waals surface area contributed by atoms with Crippen molar-refractivity contribution in [1.82, 2.24) is 4.90 Å². The molecule has 1 atom stereocenters. The van der Waals surface area contributed by atoms with Crippen LogP contribution in [-0.4, -0.2) is 54.7 Å². The number of hydrogen-bond donors (Lipinski definition) is 1. The highest BCUT2D eigenvalue weighted by molar-refractivity contribution is 5.98. The zero-order chi connectivity index (χ0) is 18.1. The summed E-state index contributed by atoms with van der Waals surface area (Å²) in [4.78, 5) is 19.6. The number of hydrogen-bond acceptors (Lipinski definition) is 4. The van der Waals surface area contributed by atoms with Crippen molar-refractivity contribution in [3.05, 3.63) is 54.1 Å². The first-order valence-electron chi connectivity index (χ1n) is 9.31. The van der Waals surface area contributed by atoms with E-state index in [1.54, 1.807) is 12.1 Å². The summed E-state index contributed by atoms with van der Waals surface area (Å²) >= 11 is 0. The third kappa shape index (κ3) is 3.15. The monoisotopic (exact) mass is 351 g/mol. The van der Waals surface area contributed by atoms with E-state index in [2.05, 4.69) is 21.9 Å². The predicted molar refractivity (Wildman–Crippen MR) is 104 cm³/mol. The molecule has 1 fully saturated rings. The number of benzene rings is 2. The highest BCUT2D eigenvalue weighted by Crippen LogP contribution is 2.29. The Morgan fingerprint density at radius 3 is 2.38 bits per heavy atom. The van der Waals surface area contributed by atoms with E-state index >= 15 is 0 Å². The number of anilines is 2. The molecule has 2 aliphatic heterocycles. The Kier molecular flexibility index (Phi) is 4.55. The topological polar surface area (TPSA) is 47.0 Å². The summed E-state index contributed by atoms with van der Waals surface area (Å²) < 4.78 is 0. The Balaban J connectivity index is 1.38. The molecule has 1 N–H and O–H groups in total. The molecule has 5 heteroatoms. The largest absolute Gasteiger partial charge is 0.508 e. The number of carbonyl (C=O) groups is 1. The lowest BCUT2D eigenvalue weighted by Gasteiger charge is -2.39. The smallest absolute Gasteiger partial charge is 0.244 e. The molecular formula is C21H25N3O2. The first kappa shape index (κ1) is 16.9. The average molecular weight is 351 g/mol. The fourth-order valence-corrected chi connectivity index (χ4v) is 3.98. The zero-order valence-electron chi connectivity index (χ0n) is 15.1. The van der Waals surface area contributed by atoms with Gasteiger partial charge in [0.05, 0.1) is 6.04 Å². The summed E-state index contributed by atoms with van der Waals surface area (Å²) in [5.74, 6) is 0.491. The van der Waals surface area contributed by atoms with Crippen molar-refractivity contribution < 1.29 is 9.90 Å². The van der Waals surface area contributed by atoms with Gasteiger partial charge in [0.1, 0.15) is 5.75 Å². The van der Waals surface area contributed by atoms with Gasteiger partial charge in [-0.1, -0.05) is 18.2 Å². The molecule has 0 radical (unpaired) electrons. The number of phenols is 1. The number of para-hydroxylation sites is 1. The lowest BCUT2D eigenvalue weighted by molar-refractivity contribution is -0.123. The van der Waals surface area contributed by atoms with Gasteiger partial charge in [-0.3, -0.25) is 9.69 Å². The van der Waals surface area contributed by atoms with Crippen LogP contribution in [0.25, 0.3) is 0 Å². The Morgan fingerprint density at radius 2 is 1.65 bits per heavy atom. The molecule has 2 aromatic carbocycles. The lowest BCUT2D eigenvalue weighted by Crippen LogP contribution is -2.54. The van der Waals surface area contributed by atoms with Crippen LogP contribution in [0, 0.1) is 0 Å². The maximum Gasteiger partial charge on any atom is 0.244 e. The third-order valence-electron chi connectivity index (χ3n) is 5.59. The zero-order valence-corrected chi connectivity index (χ0v) is 15.1. The van der Waals surface area contributed by atoms with Crippen molar-refractivity contribution >= 4 is 17.3 Å². The minimum Gasteiger partial charge on any atom is -0.508 e. The standard InChI is InChI=1S/C21H25N3O2/c1-16(21(26)24-11-10-17-4-2-3-5-20(17)24)22-12-14-23(15-13-22)18-6-8-19(25)9-7-18/h2-9,16,25H,10-15H2,1H3/t16-/m1/s1. The van der Waals surface area contributed by atoms with Gasteiger partial charge in [-0.25, -0.2) is 0 Å². The van der Waals surface area contributed by atoms with E-state index in [4.69, 9.17) is 0 Å². The molecule has 0 aromatic heterocycles. The van der Waals surface area contributed by atoms with E-state index in [0.717, 1.165) is 50.5 Å². The van der Waals surface area contributed by atoms with E-state index in [1.807, 2.05) is 36.1 Å². The molecule has 2 aliphatic rings. The quantitative estimate of drug-likeness (QED) is 0.923. The molecule has 0 unspecified atom stereocenters. The van der Waals surface area contributed by atoms with Crippen molar-refractivity contribution in [3.63, 3.8) is 0 Å². The number of amides is 1. The minimum absolute atomic E-state index is 0.108. The van der Waals surface area contributed by atoms with Gasteiger partial charge in [0.25, 0.3) is 0 Å². The van der Waals surface area contributed by atoms with Gasteiger partial charge in [0.15, 0.2) is 0 Å². The van der Waals surface area contributed by atoms with E-state index in [1.165, 1.54) is 5.56 Å². The lowest BCUT2D eigenvalue weighted by atomic mass is 10.1. The normalized spacial score (nSPS) is 18.7. The van der Waals surface area contributed by atoms with Crippen LogP contribution in [0.2, 0.25) is 0 Å². The van der Waals surface area contributed by atoms with Crippen LogP contribution in [0.5, 0.6) is 5.75 Å². The van der Waals surface area contributed by atoms with E-state index < -0.39 is 0 Å². The Labute approximate surface area is 154 Å². The van der Waals surface area contributed by atoms with Crippen molar-refractivity contribution in [2.24, 2.45) is 0 Å². The molecule has 0 saturated carbocycles. The molecule has 0 spiro atoms. The summed E-state index contributed by atoms with van der Waals surface area (Å²) in [6.07, 6.45) is 0.948. The van der Waals surface area contributed by atoms with Crippen molar-refractivity contribution in [2.45, 2.75) is 19.4 Å². The average Bonchev–Trinajstić information content (AvgIpc) is 3.12. The van der Waals surface area contributed by atoms with Crippen molar-refractivity contribution in [1.29, 1.82) is 0 Å². The minimum atomic E-state index is -0.108. The van der Waals surface area contributed by atoms with Crippen LogP contribution in [0.1, 0.15) is 12.5 Å². The molecule has 5 nitrogen and oxygen atoms in total. The Bertz CT molecular complexity index is 782. The molecule has 4 rings (SSSR count). The first-order valence-corrected chi connectivity index (χ1v) is 9.31. The molecule has 1 saturated heterocycles. The number of aromatic hydroxyl groups is 1. The second-order valence-corrected chi connectivity index (χ2v) is 7.08. The first-order chi connectivity index (χ1) is 12.6. The van der Waals surface area contributed by atoms with Crippen LogP contribution in [0.4, 0.5) is 11.4 Å². The number of carbonyl (C=O) groups excluding carboxylic acids is 1. The molecule has 136 valence electrons. The molecular weight excluding hydrogens is 326 g/mol. The van der Waals surface area contributed by atoms with Crippen LogP contribution in [0.15, 0.2) is 48.5 Å². The summed E-state index contributed by atoms with van der Waals surface area (Å²) in [6, 6.07) is 15.4. The van der Waals surface area contributed by atoms with Crippen LogP contribution in [0.3, 0.4) is 0 Å². The van der Waals surface area contributed by atoms with Crippen molar-refractivity contribution in [3.8, 4) is 5.75 Å².